The molecule has 20 heavy (non-hydrogen) atoms. The van der Waals surface area contributed by atoms with Crippen molar-refractivity contribution in [2.24, 2.45) is 0 Å². The van der Waals surface area contributed by atoms with E-state index in [1.54, 1.807) is 6.07 Å². The molecule has 3 aromatic rings. The van der Waals surface area contributed by atoms with E-state index in [1.807, 2.05) is 48.5 Å². The van der Waals surface area contributed by atoms with Crippen molar-refractivity contribution in [1.29, 1.82) is 0 Å². The average molecular weight is 262 g/mol. The summed E-state index contributed by atoms with van der Waals surface area (Å²) in [6.45, 7) is 3.77. The van der Waals surface area contributed by atoms with Gasteiger partial charge in [0, 0.05) is 5.56 Å². The Balaban J connectivity index is 2.25. The van der Waals surface area contributed by atoms with E-state index in [-0.39, 0.29) is 5.56 Å². The summed E-state index contributed by atoms with van der Waals surface area (Å²) in [5.41, 5.74) is 2.63. The number of hydrogen-bond donors (Lipinski definition) is 1. The number of nitrogens with one attached hydrogen (secondary N) is 1. The van der Waals surface area contributed by atoms with Gasteiger partial charge in [-0.2, -0.15) is 0 Å². The van der Waals surface area contributed by atoms with Crippen LogP contribution in [0.5, 0.6) is 0 Å². The Bertz CT molecular complexity index is 834. The molecule has 0 radical (unpaired) electrons. The summed E-state index contributed by atoms with van der Waals surface area (Å²) < 4.78 is 0. The quantitative estimate of drug-likeness (QED) is 0.736. The molecule has 3 nitrogen and oxygen atoms in total. The Morgan fingerprint density at radius 2 is 1.85 bits per heavy atom. The number of nitrogens with zero attached hydrogens (tertiary/aromatic N) is 1. The zero-order valence-corrected chi connectivity index (χ0v) is 11.0. The van der Waals surface area contributed by atoms with Gasteiger partial charge < -0.3 is 4.98 Å². The first-order chi connectivity index (χ1) is 9.79. The Hall–Kier alpha value is -2.68. The van der Waals surface area contributed by atoms with Gasteiger partial charge in [-0.05, 0) is 24.1 Å². The predicted molar refractivity (Wildman–Crippen MR) is 81.7 cm³/mol. The molecule has 0 atom stereocenters. The summed E-state index contributed by atoms with van der Waals surface area (Å²) >= 11 is 0. The van der Waals surface area contributed by atoms with E-state index in [1.165, 1.54) is 0 Å². The Morgan fingerprint density at radius 1 is 1.10 bits per heavy atom. The first kappa shape index (κ1) is 12.4. The Labute approximate surface area is 116 Å². The van der Waals surface area contributed by atoms with E-state index in [0.29, 0.717) is 16.7 Å². The van der Waals surface area contributed by atoms with E-state index in [9.17, 15) is 4.79 Å². The van der Waals surface area contributed by atoms with Crippen LogP contribution in [0.4, 0.5) is 0 Å². The average Bonchev–Trinajstić information content (AvgIpc) is 2.48. The van der Waals surface area contributed by atoms with Crippen LogP contribution in [0, 0.1) is 0 Å². The van der Waals surface area contributed by atoms with Gasteiger partial charge in [-0.3, -0.25) is 4.79 Å². The molecule has 0 aliphatic heterocycles. The molecule has 0 aliphatic carbocycles. The molecule has 1 heterocycles. The second-order valence-electron chi connectivity index (χ2n) is 4.58. The van der Waals surface area contributed by atoms with Crippen molar-refractivity contribution in [3.8, 4) is 11.4 Å². The van der Waals surface area contributed by atoms with E-state index >= 15 is 0 Å². The van der Waals surface area contributed by atoms with Gasteiger partial charge in [-0.25, -0.2) is 4.98 Å². The third kappa shape index (κ3) is 2.14. The third-order valence-corrected chi connectivity index (χ3v) is 3.25. The molecule has 1 aromatic heterocycles. The molecule has 3 heteroatoms. The molecular formula is C17H14N2O. The number of fused-ring (bicyclic) bond motifs is 1. The van der Waals surface area contributed by atoms with Gasteiger partial charge in [0.05, 0.1) is 10.9 Å². The van der Waals surface area contributed by atoms with Crippen molar-refractivity contribution in [1.82, 2.24) is 9.97 Å². The molecule has 0 saturated carbocycles. The van der Waals surface area contributed by atoms with Crippen molar-refractivity contribution in [3.05, 3.63) is 77.1 Å². The Kier molecular flexibility index (Phi) is 3.17. The molecule has 0 amide bonds. The van der Waals surface area contributed by atoms with Crippen LogP contribution in [0.2, 0.25) is 0 Å². The van der Waals surface area contributed by atoms with E-state index in [4.69, 9.17) is 0 Å². The fourth-order valence-electron chi connectivity index (χ4n) is 2.30. The summed E-state index contributed by atoms with van der Waals surface area (Å²) in [6, 6.07) is 15.3. The van der Waals surface area contributed by atoms with Crippen molar-refractivity contribution in [3.63, 3.8) is 0 Å². The fourth-order valence-corrected chi connectivity index (χ4v) is 2.30. The van der Waals surface area contributed by atoms with Gasteiger partial charge in [-0.1, -0.05) is 42.5 Å². The lowest BCUT2D eigenvalue weighted by Crippen LogP contribution is -2.10. The molecule has 0 spiro atoms. The number of aromatic amines is 1. The van der Waals surface area contributed by atoms with Gasteiger partial charge >= 0.3 is 0 Å². The number of benzene rings is 2. The predicted octanol–water partition coefficient (Wildman–Crippen LogP) is 3.32. The molecule has 0 bridgehead atoms. The van der Waals surface area contributed by atoms with Crippen LogP contribution in [-0.4, -0.2) is 9.97 Å². The Morgan fingerprint density at radius 3 is 2.70 bits per heavy atom. The van der Waals surface area contributed by atoms with Crippen LogP contribution in [0.1, 0.15) is 5.56 Å². The fraction of sp³-hybridized carbons (Fsp3) is 0.0588. The summed E-state index contributed by atoms with van der Waals surface area (Å²) in [7, 11) is 0. The smallest absolute Gasteiger partial charge is 0.259 e. The highest BCUT2D eigenvalue weighted by Crippen LogP contribution is 2.21. The highest BCUT2D eigenvalue weighted by atomic mass is 16.1. The molecule has 0 aliphatic rings. The van der Waals surface area contributed by atoms with Crippen LogP contribution >= 0.6 is 0 Å². The lowest BCUT2D eigenvalue weighted by Gasteiger charge is -2.07. The minimum atomic E-state index is -0.112. The maximum atomic E-state index is 12.1. The largest absolute Gasteiger partial charge is 0.306 e. The van der Waals surface area contributed by atoms with Crippen LogP contribution in [0.25, 0.3) is 22.3 Å². The topological polar surface area (TPSA) is 45.8 Å². The van der Waals surface area contributed by atoms with Crippen molar-refractivity contribution < 1.29 is 0 Å². The monoisotopic (exact) mass is 262 g/mol. The second kappa shape index (κ2) is 5.13. The number of hydrogen-bond acceptors (Lipinski definition) is 2. The van der Waals surface area contributed by atoms with Crippen LogP contribution in [0.15, 0.2) is 66.0 Å². The number of allylic oxidation sites excluding steroid dienone is 1. The molecule has 0 fully saturated rings. The molecule has 0 saturated heterocycles. The third-order valence-electron chi connectivity index (χ3n) is 3.25. The van der Waals surface area contributed by atoms with Gasteiger partial charge in [0.15, 0.2) is 0 Å². The zero-order valence-electron chi connectivity index (χ0n) is 11.0. The molecule has 2 aromatic carbocycles. The molecular weight excluding hydrogens is 248 g/mol. The lowest BCUT2D eigenvalue weighted by molar-refractivity contribution is 1.16. The standard InChI is InChI=1S/C17H14N2O/c1-2-7-12-8-3-4-9-13(12)16-18-15-11-6-5-10-14(15)17(20)19-16/h2-6,8-11H,1,7H2,(H,18,19,20). The SMILES string of the molecule is C=CCc1ccccc1-c1nc2ccccc2c(=O)[nH]1. The van der Waals surface area contributed by atoms with Crippen LogP contribution in [0.3, 0.4) is 0 Å². The first-order valence-corrected chi connectivity index (χ1v) is 6.48. The normalized spacial score (nSPS) is 10.6. The first-order valence-electron chi connectivity index (χ1n) is 6.48. The van der Waals surface area contributed by atoms with Gasteiger partial charge in [-0.15, -0.1) is 6.58 Å². The van der Waals surface area contributed by atoms with E-state index in [2.05, 4.69) is 16.5 Å². The number of rotatable bonds is 3. The van der Waals surface area contributed by atoms with Gasteiger partial charge in [0.1, 0.15) is 5.82 Å². The minimum Gasteiger partial charge on any atom is -0.306 e. The highest BCUT2D eigenvalue weighted by Gasteiger charge is 2.08. The van der Waals surface area contributed by atoms with Crippen molar-refractivity contribution in [2.75, 3.05) is 0 Å². The maximum absolute atomic E-state index is 12.1. The van der Waals surface area contributed by atoms with Gasteiger partial charge in [0.25, 0.3) is 5.56 Å². The maximum Gasteiger partial charge on any atom is 0.259 e. The molecule has 1 N–H and O–H groups in total. The van der Waals surface area contributed by atoms with Crippen LogP contribution in [-0.2, 0) is 6.42 Å². The number of H-pyrrole nitrogens is 1. The van der Waals surface area contributed by atoms with E-state index < -0.39 is 0 Å². The molecule has 3 rings (SSSR count). The van der Waals surface area contributed by atoms with Crippen LogP contribution < -0.4 is 5.56 Å². The number of aromatic nitrogens is 2. The highest BCUT2D eigenvalue weighted by molar-refractivity contribution is 5.79. The summed E-state index contributed by atoms with van der Waals surface area (Å²) in [4.78, 5) is 19.6. The summed E-state index contributed by atoms with van der Waals surface area (Å²) in [5.74, 6) is 0.603. The van der Waals surface area contributed by atoms with Gasteiger partial charge in [0.2, 0.25) is 0 Å². The number of para-hydroxylation sites is 1. The van der Waals surface area contributed by atoms with E-state index in [0.717, 1.165) is 17.5 Å². The van der Waals surface area contributed by atoms with Crippen molar-refractivity contribution >= 4 is 10.9 Å². The summed E-state index contributed by atoms with van der Waals surface area (Å²) in [6.07, 6.45) is 2.59. The zero-order chi connectivity index (χ0) is 13.9. The second-order valence-corrected chi connectivity index (χ2v) is 4.58. The lowest BCUT2D eigenvalue weighted by atomic mass is 10.0. The molecule has 98 valence electrons. The molecule has 0 unspecified atom stereocenters. The minimum absolute atomic E-state index is 0.112. The van der Waals surface area contributed by atoms with Crippen molar-refractivity contribution in [2.45, 2.75) is 6.42 Å². The summed E-state index contributed by atoms with van der Waals surface area (Å²) in [5, 5.41) is 0.609.